The van der Waals surface area contributed by atoms with Crippen molar-refractivity contribution in [3.05, 3.63) is 62.8 Å². The zero-order chi connectivity index (χ0) is 17.2. The van der Waals surface area contributed by atoms with Crippen molar-refractivity contribution in [3.8, 4) is 0 Å². The van der Waals surface area contributed by atoms with Gasteiger partial charge in [0.15, 0.2) is 12.4 Å². The largest absolute Gasteiger partial charge is 0.618 e. The van der Waals surface area contributed by atoms with E-state index in [9.17, 15) is 5.21 Å². The minimum atomic E-state index is -0.0160. The van der Waals surface area contributed by atoms with Crippen LogP contribution in [0.15, 0.2) is 42.6 Å². The van der Waals surface area contributed by atoms with Crippen LogP contribution in [0.4, 0.5) is 0 Å². The second-order valence-electron chi connectivity index (χ2n) is 6.10. The Bertz CT molecular complexity index is 930. The quantitative estimate of drug-likeness (QED) is 0.345. The number of pyridine rings is 1. The zero-order valence-electron chi connectivity index (χ0n) is 13.6. The Labute approximate surface area is 159 Å². The molecule has 0 radical (unpaired) electrons. The maximum absolute atomic E-state index is 11.8. The lowest BCUT2D eigenvalue weighted by Crippen LogP contribution is -2.28. The van der Waals surface area contributed by atoms with Gasteiger partial charge in [0.1, 0.15) is 0 Å². The monoisotopic (exact) mass is 447 g/mol. The molecule has 1 atom stereocenters. The third-order valence-corrected chi connectivity index (χ3v) is 5.06. The smallest absolute Gasteiger partial charge is 0.216 e. The van der Waals surface area contributed by atoms with Gasteiger partial charge in [-0.25, -0.2) is 4.68 Å². The van der Waals surface area contributed by atoms with Crippen molar-refractivity contribution in [2.24, 2.45) is 0 Å². The van der Waals surface area contributed by atoms with E-state index in [1.54, 1.807) is 18.2 Å². The van der Waals surface area contributed by atoms with E-state index in [1.165, 1.54) is 6.20 Å². The van der Waals surface area contributed by atoms with E-state index in [-0.39, 0.29) is 6.23 Å². The summed E-state index contributed by atoms with van der Waals surface area (Å²) < 4.78 is 9.93. The van der Waals surface area contributed by atoms with Gasteiger partial charge in [-0.15, -0.1) is 0 Å². The molecule has 4 rings (SSSR count). The van der Waals surface area contributed by atoms with Gasteiger partial charge in [-0.3, -0.25) is 0 Å². The molecule has 0 saturated carbocycles. The van der Waals surface area contributed by atoms with Gasteiger partial charge >= 0.3 is 0 Å². The summed E-state index contributed by atoms with van der Waals surface area (Å²) >= 11 is 2.32. The maximum Gasteiger partial charge on any atom is 0.216 e. The van der Waals surface area contributed by atoms with E-state index in [1.807, 2.05) is 16.8 Å². The summed E-state index contributed by atoms with van der Waals surface area (Å²) in [5, 5.41) is 17.7. The third-order valence-electron chi connectivity index (χ3n) is 4.39. The van der Waals surface area contributed by atoms with Crippen LogP contribution in [0.2, 0.25) is 0 Å². The Hall–Kier alpha value is -1.93. The molecule has 1 unspecified atom stereocenters. The highest BCUT2D eigenvalue weighted by Gasteiger charge is 2.20. The molecule has 0 aliphatic carbocycles. The van der Waals surface area contributed by atoms with Crippen LogP contribution in [-0.4, -0.2) is 16.4 Å². The van der Waals surface area contributed by atoms with Crippen LogP contribution in [0.25, 0.3) is 23.1 Å². The van der Waals surface area contributed by atoms with Crippen molar-refractivity contribution in [2.45, 2.75) is 25.5 Å². The molecule has 0 bridgehead atoms. The van der Waals surface area contributed by atoms with Crippen LogP contribution in [-0.2, 0) is 4.74 Å². The Kier molecular flexibility index (Phi) is 4.72. The van der Waals surface area contributed by atoms with Gasteiger partial charge in [0, 0.05) is 33.8 Å². The van der Waals surface area contributed by atoms with Crippen molar-refractivity contribution < 1.29 is 9.47 Å². The lowest BCUT2D eigenvalue weighted by atomic mass is 10.1. The molecule has 1 aliphatic rings. The fourth-order valence-electron chi connectivity index (χ4n) is 3.13. The first-order chi connectivity index (χ1) is 12.2. The number of benzene rings is 1. The highest BCUT2D eigenvalue weighted by molar-refractivity contribution is 14.1. The van der Waals surface area contributed by atoms with Crippen molar-refractivity contribution in [1.29, 1.82) is 0 Å². The van der Waals surface area contributed by atoms with Gasteiger partial charge in [-0.1, -0.05) is 0 Å². The molecular formula is C19H18IN3O2. The summed E-state index contributed by atoms with van der Waals surface area (Å²) in [6.07, 6.45) is 8.42. The minimum Gasteiger partial charge on any atom is -0.618 e. The van der Waals surface area contributed by atoms with Crippen molar-refractivity contribution in [3.63, 3.8) is 0 Å². The van der Waals surface area contributed by atoms with Gasteiger partial charge < -0.3 is 9.94 Å². The van der Waals surface area contributed by atoms with Gasteiger partial charge in [0.05, 0.1) is 11.2 Å². The van der Waals surface area contributed by atoms with E-state index >= 15 is 0 Å². The summed E-state index contributed by atoms with van der Waals surface area (Å²) in [5.74, 6) is 0. The van der Waals surface area contributed by atoms with Gasteiger partial charge in [0.25, 0.3) is 0 Å². The maximum atomic E-state index is 11.8. The molecule has 3 heterocycles. The summed E-state index contributed by atoms with van der Waals surface area (Å²) in [7, 11) is 0. The van der Waals surface area contributed by atoms with E-state index in [2.05, 4.69) is 40.8 Å². The lowest BCUT2D eigenvalue weighted by molar-refractivity contribution is -0.607. The average molecular weight is 447 g/mol. The predicted octanol–water partition coefficient (Wildman–Crippen LogP) is 4.14. The molecule has 1 aromatic carbocycles. The standard InChI is InChI=1S/C19H18IN3O2/c20-14-7-9-16-17(10-8-15-5-1-3-11-22(15)24)21-23(18(16)13-14)19-6-2-4-12-25-19/h1,3,5,7-11,13,19H,2,4,6,12H2/b10-8+. The lowest BCUT2D eigenvalue weighted by Gasteiger charge is -2.23. The van der Waals surface area contributed by atoms with E-state index in [0.29, 0.717) is 5.69 Å². The Balaban J connectivity index is 1.77. The first kappa shape index (κ1) is 16.5. The number of halogens is 1. The highest BCUT2D eigenvalue weighted by Crippen LogP contribution is 2.29. The van der Waals surface area contributed by atoms with Gasteiger partial charge in [0.2, 0.25) is 5.69 Å². The molecule has 6 heteroatoms. The Morgan fingerprint density at radius 3 is 2.96 bits per heavy atom. The van der Waals surface area contributed by atoms with Crippen molar-refractivity contribution >= 4 is 45.6 Å². The van der Waals surface area contributed by atoms with Crippen molar-refractivity contribution in [1.82, 2.24) is 9.78 Å². The topological polar surface area (TPSA) is 54.0 Å². The summed E-state index contributed by atoms with van der Waals surface area (Å²) in [5.41, 5.74) is 2.51. The van der Waals surface area contributed by atoms with Gasteiger partial charge in [-0.05, 0) is 72.2 Å². The number of hydrogen-bond acceptors (Lipinski definition) is 3. The molecule has 25 heavy (non-hydrogen) atoms. The molecule has 1 saturated heterocycles. The van der Waals surface area contributed by atoms with Crippen molar-refractivity contribution in [2.75, 3.05) is 6.61 Å². The third kappa shape index (κ3) is 3.41. The molecule has 2 aromatic heterocycles. The molecular weight excluding hydrogens is 429 g/mol. The summed E-state index contributed by atoms with van der Waals surface area (Å²) in [4.78, 5) is 0. The van der Waals surface area contributed by atoms with Crippen LogP contribution in [0.3, 0.4) is 0 Å². The number of aromatic nitrogens is 3. The number of hydrogen-bond donors (Lipinski definition) is 0. The second-order valence-corrected chi connectivity index (χ2v) is 7.34. The first-order valence-corrected chi connectivity index (χ1v) is 9.46. The molecule has 0 N–H and O–H groups in total. The van der Waals surface area contributed by atoms with Gasteiger partial charge in [-0.2, -0.15) is 9.83 Å². The predicted molar refractivity (Wildman–Crippen MR) is 106 cm³/mol. The second kappa shape index (κ2) is 7.13. The molecule has 128 valence electrons. The summed E-state index contributed by atoms with van der Waals surface area (Å²) in [6.45, 7) is 0.779. The molecule has 0 spiro atoms. The highest BCUT2D eigenvalue weighted by atomic mass is 127. The Morgan fingerprint density at radius 1 is 1.24 bits per heavy atom. The SMILES string of the molecule is [O-][n+]1ccccc1/C=C/c1nn(C2CCCCO2)c2cc(I)ccc12. The Morgan fingerprint density at radius 2 is 2.16 bits per heavy atom. The molecule has 0 amide bonds. The fraction of sp³-hybridized carbons (Fsp3) is 0.263. The number of nitrogens with zero attached hydrogens (tertiary/aromatic N) is 3. The summed E-state index contributed by atoms with van der Waals surface area (Å²) in [6, 6.07) is 11.6. The van der Waals surface area contributed by atoms with E-state index in [0.717, 1.165) is 50.8 Å². The van der Waals surface area contributed by atoms with Crippen LogP contribution >= 0.6 is 22.6 Å². The first-order valence-electron chi connectivity index (χ1n) is 8.38. The number of rotatable bonds is 3. The minimum absolute atomic E-state index is 0.0160. The van der Waals surface area contributed by atoms with Crippen LogP contribution in [0.5, 0.6) is 0 Å². The molecule has 1 fully saturated rings. The van der Waals surface area contributed by atoms with E-state index < -0.39 is 0 Å². The number of ether oxygens (including phenoxy) is 1. The molecule has 3 aromatic rings. The zero-order valence-corrected chi connectivity index (χ0v) is 15.8. The molecule has 1 aliphatic heterocycles. The molecule has 5 nitrogen and oxygen atoms in total. The average Bonchev–Trinajstić information content (AvgIpc) is 2.99. The van der Waals surface area contributed by atoms with E-state index in [4.69, 9.17) is 9.84 Å². The fourth-order valence-corrected chi connectivity index (χ4v) is 3.60. The normalized spacial score (nSPS) is 18.2. The van der Waals surface area contributed by atoms with Crippen LogP contribution in [0.1, 0.15) is 36.9 Å². The van der Waals surface area contributed by atoms with Crippen LogP contribution < -0.4 is 4.73 Å². The number of fused-ring (bicyclic) bond motifs is 1. The van der Waals surface area contributed by atoms with Crippen LogP contribution in [0, 0.1) is 8.78 Å².